The van der Waals surface area contributed by atoms with Crippen molar-refractivity contribution in [1.82, 2.24) is 0 Å². The molecule has 0 fully saturated rings. The Morgan fingerprint density at radius 3 is 2.60 bits per heavy atom. The van der Waals surface area contributed by atoms with Gasteiger partial charge in [0.05, 0.1) is 0 Å². The highest BCUT2D eigenvalue weighted by atomic mass is 35.5. The Bertz CT molecular complexity index is 325. The van der Waals surface area contributed by atoms with E-state index in [0.29, 0.717) is 22.9 Å². The zero-order valence-electron chi connectivity index (χ0n) is 9.13. The van der Waals surface area contributed by atoms with E-state index >= 15 is 0 Å². The highest BCUT2D eigenvalue weighted by molar-refractivity contribution is 6.30. The first kappa shape index (κ1) is 12.5. The summed E-state index contributed by atoms with van der Waals surface area (Å²) in [4.78, 5) is 0. The van der Waals surface area contributed by atoms with E-state index in [9.17, 15) is 4.39 Å². The minimum absolute atomic E-state index is 0.0880. The Morgan fingerprint density at radius 2 is 2.13 bits per heavy atom. The van der Waals surface area contributed by atoms with E-state index in [4.69, 9.17) is 17.3 Å². The zero-order chi connectivity index (χ0) is 11.4. The topological polar surface area (TPSA) is 26.0 Å². The summed E-state index contributed by atoms with van der Waals surface area (Å²) in [5.74, 6) is 0.0854. The monoisotopic (exact) mass is 229 g/mol. The average molecular weight is 230 g/mol. The van der Waals surface area contributed by atoms with Crippen LogP contribution in [0.15, 0.2) is 18.2 Å². The van der Waals surface area contributed by atoms with Gasteiger partial charge in [-0.15, -0.1) is 0 Å². The first-order chi connectivity index (χ1) is 7.04. The van der Waals surface area contributed by atoms with Gasteiger partial charge in [0.2, 0.25) is 0 Å². The molecule has 2 unspecified atom stereocenters. The van der Waals surface area contributed by atoms with Gasteiger partial charge in [0.15, 0.2) is 0 Å². The molecule has 0 bridgehead atoms. The third-order valence-electron chi connectivity index (χ3n) is 2.77. The second-order valence-corrected chi connectivity index (χ2v) is 4.40. The molecule has 3 heteroatoms. The van der Waals surface area contributed by atoms with Gasteiger partial charge >= 0.3 is 0 Å². The fraction of sp³-hybridized carbons (Fsp3) is 0.500. The number of hydrogen-bond donors (Lipinski definition) is 1. The lowest BCUT2D eigenvalue weighted by atomic mass is 9.91. The van der Waals surface area contributed by atoms with Crippen LogP contribution in [-0.4, -0.2) is 6.04 Å². The lowest BCUT2D eigenvalue weighted by molar-refractivity contribution is 0.420. The van der Waals surface area contributed by atoms with Crippen molar-refractivity contribution in [1.29, 1.82) is 0 Å². The molecule has 0 aromatic heterocycles. The van der Waals surface area contributed by atoms with Crippen molar-refractivity contribution in [2.45, 2.75) is 32.7 Å². The SMILES string of the molecule is CCC(Cc1ccc(Cl)cc1F)C(C)N. The standard InChI is InChI=1S/C12H17ClFN/c1-3-9(8(2)15)6-10-4-5-11(13)7-12(10)14/h4-5,7-9H,3,6,15H2,1-2H3. The summed E-state index contributed by atoms with van der Waals surface area (Å²) in [5.41, 5.74) is 6.52. The molecule has 84 valence electrons. The Labute approximate surface area is 95.4 Å². The molecule has 1 rings (SSSR count). The lowest BCUT2D eigenvalue weighted by Gasteiger charge is -2.19. The van der Waals surface area contributed by atoms with Crippen LogP contribution in [0, 0.1) is 11.7 Å². The molecule has 1 aromatic carbocycles. The van der Waals surface area contributed by atoms with Crippen molar-refractivity contribution in [3.63, 3.8) is 0 Å². The quantitative estimate of drug-likeness (QED) is 0.842. The van der Waals surface area contributed by atoms with Crippen molar-refractivity contribution < 1.29 is 4.39 Å². The van der Waals surface area contributed by atoms with Gasteiger partial charge in [-0.05, 0) is 37.0 Å². The molecule has 0 radical (unpaired) electrons. The fourth-order valence-corrected chi connectivity index (χ4v) is 1.83. The third-order valence-corrected chi connectivity index (χ3v) is 3.00. The molecule has 0 spiro atoms. The van der Waals surface area contributed by atoms with E-state index in [2.05, 4.69) is 6.92 Å². The molecule has 2 atom stereocenters. The van der Waals surface area contributed by atoms with Gasteiger partial charge in [0.1, 0.15) is 5.82 Å². The summed E-state index contributed by atoms with van der Waals surface area (Å²) in [6.45, 7) is 4.03. The second-order valence-electron chi connectivity index (χ2n) is 3.97. The van der Waals surface area contributed by atoms with Gasteiger partial charge in [-0.25, -0.2) is 4.39 Å². The van der Waals surface area contributed by atoms with E-state index in [-0.39, 0.29) is 11.9 Å². The number of rotatable bonds is 4. The van der Waals surface area contributed by atoms with Crippen LogP contribution in [0.2, 0.25) is 5.02 Å². The molecule has 0 aliphatic carbocycles. The number of hydrogen-bond acceptors (Lipinski definition) is 1. The van der Waals surface area contributed by atoms with E-state index in [1.54, 1.807) is 12.1 Å². The van der Waals surface area contributed by atoms with E-state index < -0.39 is 0 Å². The van der Waals surface area contributed by atoms with Crippen LogP contribution in [0.3, 0.4) is 0 Å². The van der Waals surface area contributed by atoms with Crippen LogP contribution in [-0.2, 0) is 6.42 Å². The van der Waals surface area contributed by atoms with Crippen LogP contribution in [0.1, 0.15) is 25.8 Å². The molecule has 0 saturated heterocycles. The number of nitrogens with two attached hydrogens (primary N) is 1. The molecule has 0 aliphatic heterocycles. The molecular weight excluding hydrogens is 213 g/mol. The molecular formula is C12H17ClFN. The normalized spacial score (nSPS) is 15.0. The van der Waals surface area contributed by atoms with E-state index in [0.717, 1.165) is 6.42 Å². The summed E-state index contributed by atoms with van der Waals surface area (Å²) in [6, 6.07) is 4.89. The molecule has 15 heavy (non-hydrogen) atoms. The highest BCUT2D eigenvalue weighted by Crippen LogP contribution is 2.20. The molecule has 1 nitrogen and oxygen atoms in total. The summed E-state index contributed by atoms with van der Waals surface area (Å²) in [5, 5.41) is 0.435. The Morgan fingerprint density at radius 1 is 1.47 bits per heavy atom. The second kappa shape index (κ2) is 5.47. The summed E-state index contributed by atoms with van der Waals surface area (Å²) in [6.07, 6.45) is 1.64. The summed E-state index contributed by atoms with van der Waals surface area (Å²) >= 11 is 5.69. The van der Waals surface area contributed by atoms with Crippen molar-refractivity contribution >= 4 is 11.6 Å². The molecule has 0 saturated carbocycles. The first-order valence-electron chi connectivity index (χ1n) is 5.24. The Hall–Kier alpha value is -0.600. The van der Waals surface area contributed by atoms with Gasteiger partial charge in [-0.2, -0.15) is 0 Å². The predicted octanol–water partition coefficient (Wildman–Crippen LogP) is 3.40. The van der Waals surface area contributed by atoms with Crippen LogP contribution in [0.5, 0.6) is 0 Å². The van der Waals surface area contributed by atoms with Gasteiger partial charge in [-0.1, -0.05) is 31.0 Å². The van der Waals surface area contributed by atoms with Crippen LogP contribution < -0.4 is 5.73 Å². The molecule has 1 aromatic rings. The van der Waals surface area contributed by atoms with E-state index in [1.807, 2.05) is 6.92 Å². The molecule has 0 amide bonds. The lowest BCUT2D eigenvalue weighted by Crippen LogP contribution is -2.27. The van der Waals surface area contributed by atoms with Crippen molar-refractivity contribution in [3.05, 3.63) is 34.6 Å². The predicted molar refractivity (Wildman–Crippen MR) is 62.5 cm³/mol. The van der Waals surface area contributed by atoms with Crippen molar-refractivity contribution in [2.75, 3.05) is 0 Å². The van der Waals surface area contributed by atoms with Gasteiger partial charge in [0.25, 0.3) is 0 Å². The van der Waals surface area contributed by atoms with Crippen LogP contribution in [0.25, 0.3) is 0 Å². The number of halogens is 2. The highest BCUT2D eigenvalue weighted by Gasteiger charge is 2.14. The van der Waals surface area contributed by atoms with Crippen LogP contribution >= 0.6 is 11.6 Å². The minimum atomic E-state index is -0.235. The fourth-order valence-electron chi connectivity index (χ4n) is 1.67. The maximum Gasteiger partial charge on any atom is 0.127 e. The van der Waals surface area contributed by atoms with Gasteiger partial charge in [0, 0.05) is 11.1 Å². The Balaban J connectivity index is 2.79. The third kappa shape index (κ3) is 3.47. The smallest absolute Gasteiger partial charge is 0.127 e. The zero-order valence-corrected chi connectivity index (χ0v) is 9.89. The minimum Gasteiger partial charge on any atom is -0.328 e. The molecule has 2 N–H and O–H groups in total. The Kier molecular flexibility index (Phi) is 4.55. The molecule has 0 aliphatic rings. The van der Waals surface area contributed by atoms with Crippen molar-refractivity contribution in [2.24, 2.45) is 11.7 Å². The maximum absolute atomic E-state index is 13.5. The van der Waals surface area contributed by atoms with Crippen molar-refractivity contribution in [3.8, 4) is 0 Å². The summed E-state index contributed by atoms with van der Waals surface area (Å²) in [7, 11) is 0. The maximum atomic E-state index is 13.5. The molecule has 0 heterocycles. The van der Waals surface area contributed by atoms with Gasteiger partial charge in [-0.3, -0.25) is 0 Å². The average Bonchev–Trinajstić information content (AvgIpc) is 2.16. The first-order valence-corrected chi connectivity index (χ1v) is 5.62. The van der Waals surface area contributed by atoms with Gasteiger partial charge < -0.3 is 5.73 Å². The van der Waals surface area contributed by atoms with Crippen LogP contribution in [0.4, 0.5) is 4.39 Å². The number of benzene rings is 1. The largest absolute Gasteiger partial charge is 0.328 e. The summed E-state index contributed by atoms with van der Waals surface area (Å²) < 4.78 is 13.5. The van der Waals surface area contributed by atoms with E-state index in [1.165, 1.54) is 6.07 Å².